The fraction of sp³-hybridized carbons (Fsp3) is 0.854. The van der Waals surface area contributed by atoms with Gasteiger partial charge in [0.05, 0.1) is 46.2 Å². The number of carboxylic acid groups (broad SMARTS) is 1. The number of ketones is 1. The summed E-state index contributed by atoms with van der Waals surface area (Å²) in [5.74, 6) is -2.35. The van der Waals surface area contributed by atoms with Gasteiger partial charge in [0.25, 0.3) is 0 Å². The first-order valence-electron chi connectivity index (χ1n) is 21.5. The van der Waals surface area contributed by atoms with Crippen LogP contribution in [0.1, 0.15) is 137 Å². The second-order valence-corrected chi connectivity index (χ2v) is 14.4. The van der Waals surface area contributed by atoms with Gasteiger partial charge in [-0.1, -0.05) is 97.3 Å². The molecule has 0 aliphatic heterocycles. The molecule has 334 valence electrons. The second-order valence-electron chi connectivity index (χ2n) is 14.4. The number of nitrogens with one attached hydrogen (secondary N) is 4. The molecule has 0 radical (unpaired) electrons. The average molecular weight is 818 g/mol. The molecule has 0 rings (SSSR count). The van der Waals surface area contributed by atoms with Crippen molar-refractivity contribution in [3.8, 4) is 0 Å². The second kappa shape index (κ2) is 39.6. The monoisotopic (exact) mass is 818 g/mol. The van der Waals surface area contributed by atoms with Crippen molar-refractivity contribution in [1.29, 1.82) is 0 Å². The summed E-state index contributed by atoms with van der Waals surface area (Å²) < 4.78 is 21.3. The molecular weight excluding hydrogens is 738 g/mol. The molecule has 0 aromatic carbocycles. The van der Waals surface area contributed by atoms with Crippen molar-refractivity contribution in [1.82, 2.24) is 21.3 Å². The van der Waals surface area contributed by atoms with Crippen molar-refractivity contribution in [2.75, 3.05) is 79.0 Å². The number of carbonyl (C=O) groups excluding carboxylic acids is 5. The number of ether oxygens (including phenoxy) is 4. The van der Waals surface area contributed by atoms with Crippen LogP contribution in [0, 0.1) is 5.92 Å². The molecule has 0 fully saturated rings. The van der Waals surface area contributed by atoms with E-state index >= 15 is 0 Å². The van der Waals surface area contributed by atoms with E-state index in [4.69, 9.17) is 24.7 Å². The van der Waals surface area contributed by atoms with Crippen LogP contribution in [0.4, 0.5) is 0 Å². The molecule has 0 saturated heterocycles. The van der Waals surface area contributed by atoms with Gasteiger partial charge in [-0.15, -0.1) is 0 Å². The number of carboxylic acids is 1. The normalized spacial score (nSPS) is 12.1. The maximum atomic E-state index is 12.3. The van der Waals surface area contributed by atoms with E-state index in [0.29, 0.717) is 6.54 Å². The van der Waals surface area contributed by atoms with E-state index in [1.807, 2.05) is 6.92 Å². The molecule has 0 heterocycles. The van der Waals surface area contributed by atoms with Gasteiger partial charge in [-0.05, 0) is 25.7 Å². The maximum absolute atomic E-state index is 12.3. The summed E-state index contributed by atoms with van der Waals surface area (Å²) in [7, 11) is 0. The van der Waals surface area contributed by atoms with Crippen LogP contribution in [0.25, 0.3) is 0 Å². The van der Waals surface area contributed by atoms with Crippen LogP contribution < -0.4 is 27.0 Å². The molecule has 7 N–H and O–H groups in total. The average Bonchev–Trinajstić information content (AvgIpc) is 3.19. The van der Waals surface area contributed by atoms with Crippen LogP contribution >= 0.6 is 0 Å². The first-order chi connectivity index (χ1) is 27.6. The van der Waals surface area contributed by atoms with Crippen LogP contribution in [0.3, 0.4) is 0 Å². The Morgan fingerprint density at radius 3 is 1.53 bits per heavy atom. The molecule has 16 nitrogen and oxygen atoms in total. The van der Waals surface area contributed by atoms with Crippen molar-refractivity contribution in [2.24, 2.45) is 11.7 Å². The van der Waals surface area contributed by atoms with Crippen LogP contribution in [0.15, 0.2) is 0 Å². The predicted molar refractivity (Wildman–Crippen MR) is 221 cm³/mol. The molecular formula is C41H79N5O11. The van der Waals surface area contributed by atoms with Crippen molar-refractivity contribution >= 4 is 35.4 Å². The van der Waals surface area contributed by atoms with Gasteiger partial charge < -0.3 is 51.1 Å². The fourth-order valence-corrected chi connectivity index (χ4v) is 5.75. The summed E-state index contributed by atoms with van der Waals surface area (Å²) in [5.41, 5.74) is 5.35. The Hall–Kier alpha value is -3.18. The minimum absolute atomic E-state index is 0. The molecule has 1 unspecified atom stereocenters. The highest BCUT2D eigenvalue weighted by molar-refractivity contribution is 5.84. The highest BCUT2D eigenvalue weighted by atomic mass is 16.5. The smallest absolute Gasteiger partial charge is 0.326 e. The summed E-state index contributed by atoms with van der Waals surface area (Å²) in [6, 6.07) is -1.12. The van der Waals surface area contributed by atoms with Crippen LogP contribution in [0.2, 0.25) is 0 Å². The zero-order valence-corrected chi connectivity index (χ0v) is 35.2. The molecule has 0 bridgehead atoms. The van der Waals surface area contributed by atoms with E-state index in [1.165, 1.54) is 57.8 Å². The quantitative estimate of drug-likeness (QED) is 0.0483. The number of hydrogen-bond donors (Lipinski definition) is 6. The minimum atomic E-state index is -1.17. The Morgan fingerprint density at radius 1 is 0.544 bits per heavy atom. The standard InChI is InChI=1S/C41H77N5O11.H2/c1-3-4-5-6-7-8-9-10-11-12-13-14-15-19-38(49)46-35(41(52)53)20-21-37(48)44-23-25-54-27-30-57-33-40(51)45-24-26-55-28-29-56-32-39(50)43-22-17-16-18-34(2)36(47)31-42;/h34-35H,3-33,42H2,1-2H3,(H,43,50)(H,44,48)(H,45,51)(H,46,49)(H,52,53);1H/t34-,35?;/m0./s1. The summed E-state index contributed by atoms with van der Waals surface area (Å²) in [5, 5.41) is 20.1. The van der Waals surface area contributed by atoms with Gasteiger partial charge in [-0.3, -0.25) is 24.0 Å². The molecule has 0 spiro atoms. The van der Waals surface area contributed by atoms with E-state index in [2.05, 4.69) is 28.2 Å². The van der Waals surface area contributed by atoms with E-state index in [0.717, 1.165) is 44.9 Å². The summed E-state index contributed by atoms with van der Waals surface area (Å²) in [4.78, 5) is 71.2. The van der Waals surface area contributed by atoms with Gasteiger partial charge in [0.2, 0.25) is 23.6 Å². The molecule has 0 saturated carbocycles. The SMILES string of the molecule is CCCCCCCCCCCCCCCC(=O)NC(CCC(=O)NCCOCCOCC(=O)NCCOCCOCC(=O)NCCCC[C@H](C)C(=O)CN)C(=O)O.[HH]. The third kappa shape index (κ3) is 36.9. The number of hydrogen-bond acceptors (Lipinski definition) is 11. The molecule has 0 aliphatic carbocycles. The third-order valence-corrected chi connectivity index (χ3v) is 9.29. The molecule has 0 aliphatic rings. The number of Topliss-reactive ketones (excluding diaryl/α,β-unsaturated/α-hetero) is 1. The molecule has 2 atom stereocenters. The van der Waals surface area contributed by atoms with Gasteiger partial charge in [-0.2, -0.15) is 0 Å². The first kappa shape index (κ1) is 53.8. The van der Waals surface area contributed by atoms with Crippen molar-refractivity contribution in [2.45, 2.75) is 142 Å². The maximum Gasteiger partial charge on any atom is 0.326 e. The lowest BCUT2D eigenvalue weighted by molar-refractivity contribution is -0.142. The summed E-state index contributed by atoms with van der Waals surface area (Å²) >= 11 is 0. The van der Waals surface area contributed by atoms with Crippen molar-refractivity contribution in [3.63, 3.8) is 0 Å². The number of amides is 4. The van der Waals surface area contributed by atoms with Gasteiger partial charge in [0.1, 0.15) is 25.0 Å². The van der Waals surface area contributed by atoms with E-state index < -0.39 is 12.0 Å². The number of rotatable bonds is 42. The Morgan fingerprint density at radius 2 is 1.02 bits per heavy atom. The van der Waals surface area contributed by atoms with Gasteiger partial charge in [-0.25, -0.2) is 4.79 Å². The number of aliphatic carboxylic acids is 1. The molecule has 0 aromatic rings. The lowest BCUT2D eigenvalue weighted by Crippen LogP contribution is -2.41. The zero-order chi connectivity index (χ0) is 42.2. The Bertz CT molecular complexity index is 1070. The lowest BCUT2D eigenvalue weighted by Gasteiger charge is -2.14. The molecule has 16 heteroatoms. The summed E-state index contributed by atoms with van der Waals surface area (Å²) in [6.07, 6.45) is 18.2. The predicted octanol–water partition coefficient (Wildman–Crippen LogP) is 3.81. The van der Waals surface area contributed by atoms with Gasteiger partial charge in [0.15, 0.2) is 0 Å². The van der Waals surface area contributed by atoms with E-state index in [1.54, 1.807) is 0 Å². The molecule has 57 heavy (non-hydrogen) atoms. The first-order valence-corrected chi connectivity index (χ1v) is 21.5. The number of carbonyl (C=O) groups is 6. The largest absolute Gasteiger partial charge is 0.480 e. The Labute approximate surface area is 343 Å². The van der Waals surface area contributed by atoms with Crippen LogP contribution in [-0.2, 0) is 47.7 Å². The molecule has 4 amide bonds. The van der Waals surface area contributed by atoms with E-state index in [-0.39, 0.29) is 129 Å². The van der Waals surface area contributed by atoms with Gasteiger partial charge >= 0.3 is 5.97 Å². The van der Waals surface area contributed by atoms with Crippen molar-refractivity contribution in [3.05, 3.63) is 0 Å². The molecule has 0 aromatic heterocycles. The highest BCUT2D eigenvalue weighted by Crippen LogP contribution is 2.13. The Balaban J connectivity index is 0. The minimum Gasteiger partial charge on any atom is -0.480 e. The highest BCUT2D eigenvalue weighted by Gasteiger charge is 2.21. The van der Waals surface area contributed by atoms with Crippen LogP contribution in [-0.4, -0.2) is 126 Å². The summed E-state index contributed by atoms with van der Waals surface area (Å²) in [6.45, 7) is 6.33. The van der Waals surface area contributed by atoms with Crippen molar-refractivity contribution < 1.29 is 54.2 Å². The fourth-order valence-electron chi connectivity index (χ4n) is 5.75. The zero-order valence-electron chi connectivity index (χ0n) is 35.2. The number of nitrogens with two attached hydrogens (primary N) is 1. The van der Waals surface area contributed by atoms with Gasteiger partial charge in [0, 0.05) is 39.8 Å². The topological polar surface area (TPSA) is 234 Å². The van der Waals surface area contributed by atoms with Crippen LogP contribution in [0.5, 0.6) is 0 Å². The third-order valence-electron chi connectivity index (χ3n) is 9.29. The van der Waals surface area contributed by atoms with E-state index in [9.17, 15) is 33.9 Å². The number of unbranched alkanes of at least 4 members (excludes halogenated alkanes) is 13. The Kier molecular flexibility index (Phi) is 37.4. The lowest BCUT2D eigenvalue weighted by atomic mass is 9.99.